The fraction of sp³-hybridized carbons (Fsp3) is 0.294. The van der Waals surface area contributed by atoms with E-state index in [0.717, 1.165) is 37.2 Å². The average Bonchev–Trinajstić information content (AvgIpc) is 2.96. The molecule has 4 rings (SSSR count). The number of nitrogens with zero attached hydrogens (tertiary/aromatic N) is 3. The van der Waals surface area contributed by atoms with Crippen molar-refractivity contribution in [2.45, 2.75) is 31.2 Å². The molecule has 1 aromatic carbocycles. The van der Waals surface area contributed by atoms with Gasteiger partial charge in [0.25, 0.3) is 0 Å². The van der Waals surface area contributed by atoms with E-state index in [9.17, 15) is 0 Å². The summed E-state index contributed by atoms with van der Waals surface area (Å²) >= 11 is 0. The van der Waals surface area contributed by atoms with E-state index >= 15 is 0 Å². The van der Waals surface area contributed by atoms with E-state index in [1.165, 1.54) is 11.3 Å². The minimum Gasteiger partial charge on any atom is -0.359 e. The van der Waals surface area contributed by atoms with Crippen molar-refractivity contribution in [3.05, 3.63) is 59.8 Å². The van der Waals surface area contributed by atoms with Crippen LogP contribution in [-0.4, -0.2) is 9.55 Å². The van der Waals surface area contributed by atoms with E-state index in [1.807, 2.05) is 24.7 Å². The number of allylic oxidation sites excluding steroid dienone is 1. The Morgan fingerprint density at radius 3 is 3.19 bits per heavy atom. The third-order valence-corrected chi connectivity index (χ3v) is 4.70. The zero-order valence-corrected chi connectivity index (χ0v) is 11.8. The number of fused-ring (bicyclic) bond motifs is 4. The van der Waals surface area contributed by atoms with E-state index in [4.69, 9.17) is 5.26 Å². The highest BCUT2D eigenvalue weighted by molar-refractivity contribution is 5.66. The molecule has 0 bridgehead atoms. The summed E-state index contributed by atoms with van der Waals surface area (Å²) in [6.45, 7) is 5.18. The highest BCUT2D eigenvalue weighted by atomic mass is 15.1. The summed E-state index contributed by atoms with van der Waals surface area (Å²) in [7, 11) is 0. The second-order valence-electron chi connectivity index (χ2n) is 5.94. The van der Waals surface area contributed by atoms with Crippen molar-refractivity contribution in [1.82, 2.24) is 9.55 Å². The van der Waals surface area contributed by atoms with Crippen LogP contribution in [0.2, 0.25) is 0 Å². The first kappa shape index (κ1) is 12.2. The third-order valence-electron chi connectivity index (χ3n) is 4.70. The molecule has 2 aliphatic rings. The number of hydrogen-bond donors (Lipinski definition) is 1. The molecule has 104 valence electrons. The topological polar surface area (TPSA) is 53.6 Å². The number of hydrogen-bond acceptors (Lipinski definition) is 3. The number of nitrogens with one attached hydrogen (secondary N) is 1. The van der Waals surface area contributed by atoms with Gasteiger partial charge in [0.2, 0.25) is 0 Å². The second-order valence-corrected chi connectivity index (χ2v) is 5.94. The minimum atomic E-state index is -0.0552. The summed E-state index contributed by atoms with van der Waals surface area (Å²) in [5.41, 5.74) is 5.17. The van der Waals surface area contributed by atoms with Crippen molar-refractivity contribution < 1.29 is 0 Å². The Kier molecular flexibility index (Phi) is 2.46. The summed E-state index contributed by atoms with van der Waals surface area (Å²) in [5.74, 6) is 0. The van der Waals surface area contributed by atoms with E-state index in [1.54, 1.807) is 0 Å². The van der Waals surface area contributed by atoms with Crippen LogP contribution in [0.15, 0.2) is 43.0 Å². The predicted octanol–water partition coefficient (Wildman–Crippen LogP) is 3.16. The molecule has 0 saturated carbocycles. The van der Waals surface area contributed by atoms with Crippen LogP contribution >= 0.6 is 0 Å². The van der Waals surface area contributed by atoms with Gasteiger partial charge in [-0.15, -0.1) is 0 Å². The van der Waals surface area contributed by atoms with Crippen molar-refractivity contribution in [3.63, 3.8) is 0 Å². The number of nitriles is 1. The summed E-state index contributed by atoms with van der Waals surface area (Å²) in [4.78, 5) is 4.35. The molecule has 21 heavy (non-hydrogen) atoms. The van der Waals surface area contributed by atoms with Gasteiger partial charge in [0.1, 0.15) is 0 Å². The van der Waals surface area contributed by atoms with Gasteiger partial charge in [-0.05, 0) is 30.5 Å². The van der Waals surface area contributed by atoms with Gasteiger partial charge in [-0.1, -0.05) is 12.6 Å². The summed E-state index contributed by atoms with van der Waals surface area (Å²) in [5, 5.41) is 12.5. The molecular weight excluding hydrogens is 260 g/mol. The zero-order valence-electron chi connectivity index (χ0n) is 11.8. The van der Waals surface area contributed by atoms with Gasteiger partial charge in [0.05, 0.1) is 18.0 Å². The molecule has 0 fully saturated rings. The SMILES string of the molecule is C=C1CC2(CCCn3cncc32)c2ccc(C#N)cc2N1. The maximum atomic E-state index is 9.12. The first-order valence-corrected chi connectivity index (χ1v) is 7.23. The lowest BCUT2D eigenvalue weighted by Gasteiger charge is -2.43. The maximum absolute atomic E-state index is 9.12. The second kappa shape index (κ2) is 4.23. The van der Waals surface area contributed by atoms with Gasteiger partial charge in [0, 0.05) is 41.7 Å². The summed E-state index contributed by atoms with van der Waals surface area (Å²) in [6.07, 6.45) is 7.02. The molecule has 1 aromatic heterocycles. The lowest BCUT2D eigenvalue weighted by atomic mass is 9.67. The number of imidazole rings is 1. The summed E-state index contributed by atoms with van der Waals surface area (Å²) in [6, 6.07) is 8.14. The summed E-state index contributed by atoms with van der Waals surface area (Å²) < 4.78 is 2.25. The van der Waals surface area contributed by atoms with Crippen LogP contribution < -0.4 is 5.32 Å². The molecule has 0 saturated heterocycles. The van der Waals surface area contributed by atoms with Gasteiger partial charge in [-0.2, -0.15) is 5.26 Å². The highest BCUT2D eigenvalue weighted by Crippen LogP contribution is 2.49. The van der Waals surface area contributed by atoms with E-state index in [0.29, 0.717) is 5.56 Å². The molecule has 1 unspecified atom stereocenters. The van der Waals surface area contributed by atoms with Crippen LogP contribution in [0.4, 0.5) is 5.69 Å². The molecular formula is C17H16N4. The van der Waals surface area contributed by atoms with Crippen molar-refractivity contribution in [2.24, 2.45) is 0 Å². The first-order chi connectivity index (χ1) is 10.2. The maximum Gasteiger partial charge on any atom is 0.0992 e. The zero-order chi connectivity index (χ0) is 14.4. The highest BCUT2D eigenvalue weighted by Gasteiger charge is 2.43. The van der Waals surface area contributed by atoms with Crippen molar-refractivity contribution in [2.75, 3.05) is 5.32 Å². The van der Waals surface area contributed by atoms with Crippen LogP contribution in [-0.2, 0) is 12.0 Å². The Hall–Kier alpha value is -2.54. The molecule has 2 aromatic rings. The van der Waals surface area contributed by atoms with Gasteiger partial charge >= 0.3 is 0 Å². The molecule has 4 nitrogen and oxygen atoms in total. The van der Waals surface area contributed by atoms with Crippen LogP contribution in [0.5, 0.6) is 0 Å². The number of rotatable bonds is 0. The van der Waals surface area contributed by atoms with Crippen molar-refractivity contribution in [3.8, 4) is 6.07 Å². The van der Waals surface area contributed by atoms with E-state index in [-0.39, 0.29) is 5.41 Å². The average molecular weight is 276 g/mol. The third kappa shape index (κ3) is 1.64. The number of aryl methyl sites for hydroxylation is 1. The Bertz CT molecular complexity index is 780. The van der Waals surface area contributed by atoms with Crippen LogP contribution in [0, 0.1) is 11.3 Å². The molecule has 0 aliphatic carbocycles. The molecule has 0 radical (unpaired) electrons. The Labute approximate surface area is 123 Å². The monoisotopic (exact) mass is 276 g/mol. The molecule has 1 atom stereocenters. The number of anilines is 1. The van der Waals surface area contributed by atoms with Gasteiger partial charge in [0.15, 0.2) is 0 Å². The Morgan fingerprint density at radius 2 is 2.33 bits per heavy atom. The fourth-order valence-corrected chi connectivity index (χ4v) is 3.86. The van der Waals surface area contributed by atoms with Crippen LogP contribution in [0.1, 0.15) is 36.1 Å². The Balaban J connectivity index is 1.97. The van der Waals surface area contributed by atoms with Gasteiger partial charge in [-0.3, -0.25) is 0 Å². The van der Waals surface area contributed by atoms with Gasteiger partial charge < -0.3 is 9.88 Å². The molecule has 3 heterocycles. The largest absolute Gasteiger partial charge is 0.359 e. The van der Waals surface area contributed by atoms with E-state index < -0.39 is 0 Å². The van der Waals surface area contributed by atoms with Crippen molar-refractivity contribution in [1.29, 1.82) is 5.26 Å². The molecule has 1 spiro atoms. The predicted molar refractivity (Wildman–Crippen MR) is 80.8 cm³/mol. The van der Waals surface area contributed by atoms with E-state index in [2.05, 4.69) is 33.6 Å². The van der Waals surface area contributed by atoms with Gasteiger partial charge in [-0.25, -0.2) is 4.98 Å². The molecule has 4 heteroatoms. The fourth-order valence-electron chi connectivity index (χ4n) is 3.86. The molecule has 1 N–H and O–H groups in total. The molecule has 2 aliphatic heterocycles. The van der Waals surface area contributed by atoms with Crippen LogP contribution in [0.3, 0.4) is 0 Å². The normalized spacial score (nSPS) is 23.1. The number of aromatic nitrogens is 2. The standard InChI is InChI=1S/C17H16N4/c1-12-8-17(5-2-6-21-11-19-10-16(17)21)14-4-3-13(9-18)7-15(14)20-12/h3-4,7,10-11,20H,1-2,5-6,8H2. The smallest absolute Gasteiger partial charge is 0.0992 e. The van der Waals surface area contributed by atoms with Crippen LogP contribution in [0.25, 0.3) is 0 Å². The first-order valence-electron chi connectivity index (χ1n) is 7.23. The molecule has 0 amide bonds. The van der Waals surface area contributed by atoms with Crippen molar-refractivity contribution >= 4 is 5.69 Å². The quantitative estimate of drug-likeness (QED) is 0.804. The lowest BCUT2D eigenvalue weighted by Crippen LogP contribution is -2.38. The minimum absolute atomic E-state index is 0.0552. The lowest BCUT2D eigenvalue weighted by molar-refractivity contribution is 0.356. The number of benzene rings is 1. The Morgan fingerprint density at radius 1 is 1.43 bits per heavy atom.